The highest BCUT2D eigenvalue weighted by molar-refractivity contribution is 9.10. The first-order valence-corrected chi connectivity index (χ1v) is 17.9. The van der Waals surface area contributed by atoms with E-state index in [0.29, 0.717) is 18.5 Å². The zero-order valence-corrected chi connectivity index (χ0v) is 27.5. The van der Waals surface area contributed by atoms with Crippen LogP contribution in [0.4, 0.5) is 0 Å². The third-order valence-corrected chi connectivity index (χ3v) is 8.81. The van der Waals surface area contributed by atoms with Gasteiger partial charge in [-0.25, -0.2) is 0 Å². The van der Waals surface area contributed by atoms with Crippen LogP contribution in [0.15, 0.2) is 22.8 Å². The number of hydrogen-bond donors (Lipinski definition) is 0. The molecule has 34 heavy (non-hydrogen) atoms. The van der Waals surface area contributed by atoms with Crippen molar-refractivity contribution >= 4 is 62.3 Å². The SMILES string of the molecule is CCOC(C)OC(CBr)COc1ccc2cnn(C[C@@H](C)C(C)(C)C(O[SiH2]C)O[SiH2]C)c2c1Br. The summed E-state index contributed by atoms with van der Waals surface area (Å²) in [6.45, 7) is 16.6. The summed E-state index contributed by atoms with van der Waals surface area (Å²) in [7, 11) is -1.13. The summed E-state index contributed by atoms with van der Waals surface area (Å²) in [5.74, 6) is 1.04. The number of hydrogen-bond acceptors (Lipinski definition) is 6. The van der Waals surface area contributed by atoms with Gasteiger partial charge in [0.1, 0.15) is 24.8 Å². The number of fused-ring (bicyclic) bond motifs is 1. The summed E-state index contributed by atoms with van der Waals surface area (Å²) < 4.78 is 32.7. The number of benzene rings is 1. The number of aromatic nitrogens is 2. The largest absolute Gasteiger partial charge is 0.490 e. The van der Waals surface area contributed by atoms with E-state index in [1.54, 1.807) is 0 Å². The lowest BCUT2D eigenvalue weighted by Gasteiger charge is -2.39. The van der Waals surface area contributed by atoms with Crippen molar-refractivity contribution in [3.05, 3.63) is 22.8 Å². The molecule has 11 heteroatoms. The number of ether oxygens (including phenoxy) is 3. The van der Waals surface area contributed by atoms with Crippen LogP contribution in [0, 0.1) is 11.3 Å². The highest BCUT2D eigenvalue weighted by atomic mass is 79.9. The molecule has 1 heterocycles. The number of nitrogens with zero attached hydrogens (tertiary/aromatic N) is 2. The molecule has 0 bridgehead atoms. The van der Waals surface area contributed by atoms with Gasteiger partial charge < -0.3 is 23.1 Å². The summed E-state index contributed by atoms with van der Waals surface area (Å²) in [4.78, 5) is 0. The molecular weight excluding hydrogens is 600 g/mol. The van der Waals surface area contributed by atoms with Crippen molar-refractivity contribution < 1.29 is 23.1 Å². The van der Waals surface area contributed by atoms with E-state index in [9.17, 15) is 0 Å². The highest BCUT2D eigenvalue weighted by Crippen LogP contribution is 2.37. The Hall–Kier alpha value is -0.276. The Labute approximate surface area is 225 Å². The molecule has 1 aromatic heterocycles. The summed E-state index contributed by atoms with van der Waals surface area (Å²) in [5, 5.41) is 6.41. The van der Waals surface area contributed by atoms with E-state index in [1.807, 2.05) is 32.2 Å². The first kappa shape index (κ1) is 30.0. The van der Waals surface area contributed by atoms with Gasteiger partial charge >= 0.3 is 0 Å². The van der Waals surface area contributed by atoms with Gasteiger partial charge in [0.2, 0.25) is 0 Å². The van der Waals surface area contributed by atoms with Gasteiger partial charge in [-0.05, 0) is 47.8 Å². The smallest absolute Gasteiger partial charge is 0.161 e. The normalized spacial score (nSPS) is 16.6. The molecule has 0 spiro atoms. The monoisotopic (exact) mass is 638 g/mol. The molecule has 0 aliphatic heterocycles. The molecule has 0 radical (unpaired) electrons. The molecule has 1 aromatic carbocycles. The molecule has 0 N–H and O–H groups in total. The van der Waals surface area contributed by atoms with Crippen LogP contribution in [0.2, 0.25) is 13.1 Å². The second-order valence-corrected chi connectivity index (χ2v) is 12.1. The molecule has 0 fully saturated rings. The van der Waals surface area contributed by atoms with Gasteiger partial charge in [-0.15, -0.1) is 0 Å². The third kappa shape index (κ3) is 7.86. The van der Waals surface area contributed by atoms with Crippen LogP contribution in [0.5, 0.6) is 5.75 Å². The molecule has 2 aromatic rings. The van der Waals surface area contributed by atoms with Gasteiger partial charge in [0.15, 0.2) is 25.8 Å². The first-order chi connectivity index (χ1) is 16.2. The third-order valence-electron chi connectivity index (χ3n) is 6.05. The molecule has 2 rings (SSSR count). The lowest BCUT2D eigenvalue weighted by atomic mass is 9.79. The number of rotatable bonds is 16. The van der Waals surface area contributed by atoms with Crippen LogP contribution in [-0.4, -0.2) is 66.5 Å². The molecule has 0 aliphatic rings. The van der Waals surface area contributed by atoms with Crippen molar-refractivity contribution in [3.63, 3.8) is 0 Å². The van der Waals surface area contributed by atoms with E-state index in [1.165, 1.54) is 0 Å². The van der Waals surface area contributed by atoms with Gasteiger partial charge in [0, 0.05) is 29.3 Å². The maximum atomic E-state index is 6.15. The standard InChI is InChI=1S/C23H40Br2N2O5Si2/c1-8-28-16(3)30-18(11-24)14-29-19-10-9-17-12-26-27(21(17)20(19)25)13-15(2)23(4,5)22(31-33-6)32-34-7/h9-10,12,15-16,18,22H,8,11,13-14,33-34H2,1-7H3/t15-,16?,18?/m1/s1. The van der Waals surface area contributed by atoms with Crippen molar-refractivity contribution in [2.75, 3.05) is 18.5 Å². The Kier molecular flexibility index (Phi) is 12.7. The fourth-order valence-corrected chi connectivity index (χ4v) is 6.59. The molecular formula is C23H40Br2N2O5Si2. The minimum Gasteiger partial charge on any atom is -0.490 e. The summed E-state index contributed by atoms with van der Waals surface area (Å²) in [5.41, 5.74) is 0.884. The fraction of sp³-hybridized carbons (Fsp3) is 0.696. The predicted octanol–water partition coefficient (Wildman–Crippen LogP) is 4.63. The van der Waals surface area contributed by atoms with E-state index >= 15 is 0 Å². The fourth-order valence-electron chi connectivity index (χ4n) is 3.72. The molecule has 3 atom stereocenters. The molecule has 7 nitrogen and oxygen atoms in total. The summed E-state index contributed by atoms with van der Waals surface area (Å²) in [6, 6.07) is 4.01. The summed E-state index contributed by atoms with van der Waals surface area (Å²) >= 11 is 7.29. The lowest BCUT2D eigenvalue weighted by molar-refractivity contribution is -0.157. The lowest BCUT2D eigenvalue weighted by Crippen LogP contribution is -2.42. The van der Waals surface area contributed by atoms with Gasteiger partial charge in [0.25, 0.3) is 0 Å². The average Bonchev–Trinajstić information content (AvgIpc) is 3.21. The van der Waals surface area contributed by atoms with E-state index in [2.05, 4.69) is 70.4 Å². The van der Waals surface area contributed by atoms with Crippen LogP contribution in [-0.2, 0) is 24.9 Å². The molecule has 194 valence electrons. The second kappa shape index (κ2) is 14.5. The second-order valence-electron chi connectivity index (χ2n) is 8.85. The average molecular weight is 641 g/mol. The Morgan fingerprint density at radius 3 is 2.41 bits per heavy atom. The Bertz CT molecular complexity index is 880. The molecule has 0 saturated heterocycles. The number of halogens is 2. The van der Waals surface area contributed by atoms with E-state index in [-0.39, 0.29) is 30.0 Å². The molecule has 0 amide bonds. The Balaban J connectivity index is 2.19. The maximum Gasteiger partial charge on any atom is 0.161 e. The Morgan fingerprint density at radius 2 is 1.82 bits per heavy atom. The molecule has 0 saturated carbocycles. The van der Waals surface area contributed by atoms with E-state index in [0.717, 1.165) is 27.7 Å². The van der Waals surface area contributed by atoms with Crippen LogP contribution in [0.3, 0.4) is 0 Å². The first-order valence-electron chi connectivity index (χ1n) is 12.0. The molecule has 0 aliphatic carbocycles. The minimum atomic E-state index is -0.567. The van der Waals surface area contributed by atoms with E-state index in [4.69, 9.17) is 28.2 Å². The van der Waals surface area contributed by atoms with Gasteiger partial charge in [-0.2, -0.15) is 5.10 Å². The Morgan fingerprint density at radius 1 is 1.15 bits per heavy atom. The van der Waals surface area contributed by atoms with Crippen molar-refractivity contribution in [1.82, 2.24) is 9.78 Å². The van der Waals surface area contributed by atoms with Gasteiger partial charge in [0.05, 0.1) is 16.2 Å². The van der Waals surface area contributed by atoms with Gasteiger partial charge in [-0.1, -0.05) is 49.8 Å². The van der Waals surface area contributed by atoms with Crippen molar-refractivity contribution in [2.24, 2.45) is 11.3 Å². The zero-order chi connectivity index (χ0) is 25.3. The van der Waals surface area contributed by atoms with Crippen molar-refractivity contribution in [1.29, 1.82) is 0 Å². The molecule has 2 unspecified atom stereocenters. The predicted molar refractivity (Wildman–Crippen MR) is 150 cm³/mol. The topological polar surface area (TPSA) is 64.0 Å². The zero-order valence-electron chi connectivity index (χ0n) is 21.5. The van der Waals surface area contributed by atoms with Crippen LogP contribution < -0.4 is 4.74 Å². The van der Waals surface area contributed by atoms with Gasteiger partial charge in [-0.3, -0.25) is 4.68 Å². The quantitative estimate of drug-likeness (QED) is 0.152. The van der Waals surface area contributed by atoms with Crippen molar-refractivity contribution in [2.45, 2.75) is 72.9 Å². The summed E-state index contributed by atoms with van der Waals surface area (Å²) in [6.07, 6.45) is 1.34. The van der Waals surface area contributed by atoms with Crippen LogP contribution in [0.1, 0.15) is 34.6 Å². The number of alkyl halides is 1. The van der Waals surface area contributed by atoms with Crippen molar-refractivity contribution in [3.8, 4) is 5.75 Å². The minimum absolute atomic E-state index is 0.129. The highest BCUT2D eigenvalue weighted by Gasteiger charge is 2.36. The van der Waals surface area contributed by atoms with Crippen LogP contribution in [0.25, 0.3) is 10.9 Å². The maximum absolute atomic E-state index is 6.15. The van der Waals surface area contributed by atoms with E-state index < -0.39 is 19.5 Å². The van der Waals surface area contributed by atoms with Crippen LogP contribution >= 0.6 is 31.9 Å².